The van der Waals surface area contributed by atoms with E-state index < -0.39 is 6.29 Å². The van der Waals surface area contributed by atoms with E-state index >= 15 is 0 Å². The molecule has 2 aromatic heterocycles. The van der Waals surface area contributed by atoms with E-state index in [0.29, 0.717) is 24.9 Å². The van der Waals surface area contributed by atoms with E-state index in [9.17, 15) is 0 Å². The predicted molar refractivity (Wildman–Crippen MR) is 56.9 cm³/mol. The standard InChI is InChI=1S/C10H10N2O3S/c1-3-7(16-6-1)8-11-9(15-12-8)10-13-4-2-5-14-10/h1,3,6,10H,2,4-5H2. The molecule has 1 aliphatic rings. The van der Waals surface area contributed by atoms with Gasteiger partial charge in [0, 0.05) is 0 Å². The third-order valence-corrected chi connectivity index (χ3v) is 3.08. The van der Waals surface area contributed by atoms with E-state index in [4.69, 9.17) is 14.0 Å². The van der Waals surface area contributed by atoms with Gasteiger partial charge in [0.05, 0.1) is 18.1 Å². The van der Waals surface area contributed by atoms with Crippen molar-refractivity contribution < 1.29 is 14.0 Å². The van der Waals surface area contributed by atoms with Crippen LogP contribution in [0.3, 0.4) is 0 Å². The minimum Gasteiger partial charge on any atom is -0.344 e. The number of aromatic nitrogens is 2. The topological polar surface area (TPSA) is 57.4 Å². The molecule has 2 aromatic rings. The van der Waals surface area contributed by atoms with Crippen molar-refractivity contribution in [2.45, 2.75) is 12.7 Å². The van der Waals surface area contributed by atoms with Crippen LogP contribution < -0.4 is 0 Å². The Morgan fingerprint density at radius 1 is 1.31 bits per heavy atom. The zero-order valence-electron chi connectivity index (χ0n) is 8.46. The highest BCUT2D eigenvalue weighted by atomic mass is 32.1. The van der Waals surface area contributed by atoms with Gasteiger partial charge in [-0.25, -0.2) is 0 Å². The molecule has 84 valence electrons. The Balaban J connectivity index is 1.82. The molecule has 0 aromatic carbocycles. The van der Waals surface area contributed by atoms with Gasteiger partial charge in [-0.05, 0) is 17.9 Å². The summed E-state index contributed by atoms with van der Waals surface area (Å²) in [6.45, 7) is 1.34. The maximum Gasteiger partial charge on any atom is 0.283 e. The van der Waals surface area contributed by atoms with Crippen molar-refractivity contribution in [1.82, 2.24) is 10.1 Å². The van der Waals surface area contributed by atoms with E-state index in [1.165, 1.54) is 0 Å². The summed E-state index contributed by atoms with van der Waals surface area (Å²) in [5.41, 5.74) is 0. The average Bonchev–Trinajstić information content (AvgIpc) is 3.01. The van der Waals surface area contributed by atoms with Gasteiger partial charge in [0.1, 0.15) is 0 Å². The molecule has 1 aliphatic heterocycles. The van der Waals surface area contributed by atoms with Gasteiger partial charge in [-0.1, -0.05) is 11.2 Å². The number of ether oxygens (including phenoxy) is 2. The summed E-state index contributed by atoms with van der Waals surface area (Å²) in [6.07, 6.45) is 0.401. The van der Waals surface area contributed by atoms with Crippen molar-refractivity contribution in [3.05, 3.63) is 23.4 Å². The van der Waals surface area contributed by atoms with E-state index in [1.54, 1.807) is 11.3 Å². The van der Waals surface area contributed by atoms with Gasteiger partial charge in [-0.2, -0.15) is 4.98 Å². The van der Waals surface area contributed by atoms with Crippen LogP contribution >= 0.6 is 11.3 Å². The zero-order valence-corrected chi connectivity index (χ0v) is 9.27. The first-order valence-corrected chi connectivity index (χ1v) is 5.92. The summed E-state index contributed by atoms with van der Waals surface area (Å²) in [5, 5.41) is 5.87. The number of thiophene rings is 1. The molecule has 1 fully saturated rings. The van der Waals surface area contributed by atoms with Crippen molar-refractivity contribution >= 4 is 11.3 Å². The summed E-state index contributed by atoms with van der Waals surface area (Å²) in [5.74, 6) is 0.978. The minimum absolute atomic E-state index is 0.392. The molecular weight excluding hydrogens is 228 g/mol. The van der Waals surface area contributed by atoms with Gasteiger partial charge in [0.25, 0.3) is 5.89 Å². The maximum absolute atomic E-state index is 5.38. The second-order valence-corrected chi connectivity index (χ2v) is 4.31. The van der Waals surface area contributed by atoms with Gasteiger partial charge in [0.2, 0.25) is 12.1 Å². The molecule has 3 rings (SSSR count). The van der Waals surface area contributed by atoms with Crippen LogP contribution in [-0.2, 0) is 9.47 Å². The molecule has 0 unspecified atom stereocenters. The molecule has 0 aliphatic carbocycles. The summed E-state index contributed by atoms with van der Waals surface area (Å²) < 4.78 is 15.9. The van der Waals surface area contributed by atoms with Crippen LogP contribution in [0.4, 0.5) is 0 Å². The summed E-state index contributed by atoms with van der Waals surface area (Å²) in [4.78, 5) is 5.24. The molecule has 0 bridgehead atoms. The van der Waals surface area contributed by atoms with Gasteiger partial charge < -0.3 is 14.0 Å². The highest BCUT2D eigenvalue weighted by Crippen LogP contribution is 2.26. The Hall–Kier alpha value is -1.24. The zero-order chi connectivity index (χ0) is 10.8. The predicted octanol–water partition coefficient (Wildman–Crippen LogP) is 2.23. The first kappa shape index (κ1) is 9.95. The van der Waals surface area contributed by atoms with Crippen LogP contribution in [0.5, 0.6) is 0 Å². The van der Waals surface area contributed by atoms with Crippen LogP contribution in [0.25, 0.3) is 10.7 Å². The Bertz CT molecular complexity index is 448. The highest BCUT2D eigenvalue weighted by molar-refractivity contribution is 7.13. The summed E-state index contributed by atoms with van der Waals surface area (Å²) in [6, 6.07) is 3.89. The largest absolute Gasteiger partial charge is 0.344 e. The van der Waals surface area contributed by atoms with Crippen LogP contribution in [0, 0.1) is 0 Å². The van der Waals surface area contributed by atoms with E-state index in [2.05, 4.69) is 10.1 Å². The molecule has 0 spiro atoms. The Kier molecular flexibility index (Phi) is 2.69. The van der Waals surface area contributed by atoms with Crippen LogP contribution in [0.2, 0.25) is 0 Å². The lowest BCUT2D eigenvalue weighted by atomic mass is 10.4. The molecular formula is C10H10N2O3S. The lowest BCUT2D eigenvalue weighted by Crippen LogP contribution is -2.17. The Labute approximate surface area is 96.0 Å². The van der Waals surface area contributed by atoms with E-state index in [-0.39, 0.29) is 0 Å². The molecule has 1 saturated heterocycles. The lowest BCUT2D eigenvalue weighted by molar-refractivity contribution is -0.195. The quantitative estimate of drug-likeness (QED) is 0.803. The fourth-order valence-corrected chi connectivity index (χ4v) is 2.12. The fourth-order valence-electron chi connectivity index (χ4n) is 1.47. The molecule has 0 saturated carbocycles. The van der Waals surface area contributed by atoms with Crippen molar-refractivity contribution in [3.63, 3.8) is 0 Å². The molecule has 0 radical (unpaired) electrons. The Morgan fingerprint density at radius 2 is 2.19 bits per heavy atom. The highest BCUT2D eigenvalue weighted by Gasteiger charge is 2.23. The first-order valence-electron chi connectivity index (χ1n) is 5.04. The number of rotatable bonds is 2. The number of hydrogen-bond acceptors (Lipinski definition) is 6. The summed E-state index contributed by atoms with van der Waals surface area (Å²) >= 11 is 1.57. The van der Waals surface area contributed by atoms with Crippen LogP contribution in [-0.4, -0.2) is 23.4 Å². The van der Waals surface area contributed by atoms with Crippen molar-refractivity contribution in [2.24, 2.45) is 0 Å². The SMILES string of the molecule is c1csc(-c2noc(C3OCCCO3)n2)c1. The monoisotopic (exact) mass is 238 g/mol. The molecule has 0 amide bonds. The second kappa shape index (κ2) is 4.32. The minimum atomic E-state index is -0.505. The van der Waals surface area contributed by atoms with Gasteiger partial charge in [-0.3, -0.25) is 0 Å². The van der Waals surface area contributed by atoms with Gasteiger partial charge in [-0.15, -0.1) is 11.3 Å². The van der Waals surface area contributed by atoms with Crippen molar-refractivity contribution in [3.8, 4) is 10.7 Å². The van der Waals surface area contributed by atoms with Gasteiger partial charge >= 0.3 is 0 Å². The number of hydrogen-bond donors (Lipinski definition) is 0. The smallest absolute Gasteiger partial charge is 0.283 e. The van der Waals surface area contributed by atoms with Crippen molar-refractivity contribution in [1.29, 1.82) is 0 Å². The van der Waals surface area contributed by atoms with E-state index in [0.717, 1.165) is 11.3 Å². The number of nitrogens with zero attached hydrogens (tertiary/aromatic N) is 2. The van der Waals surface area contributed by atoms with Crippen LogP contribution in [0.15, 0.2) is 22.0 Å². The first-order chi connectivity index (χ1) is 7.93. The molecule has 3 heterocycles. The molecule has 5 nitrogen and oxygen atoms in total. The fraction of sp³-hybridized carbons (Fsp3) is 0.400. The normalized spacial score (nSPS) is 17.8. The van der Waals surface area contributed by atoms with Crippen LogP contribution in [0.1, 0.15) is 18.6 Å². The second-order valence-electron chi connectivity index (χ2n) is 3.36. The van der Waals surface area contributed by atoms with Crippen molar-refractivity contribution in [2.75, 3.05) is 13.2 Å². The third kappa shape index (κ3) is 1.87. The third-order valence-electron chi connectivity index (χ3n) is 2.21. The molecule has 0 N–H and O–H groups in total. The maximum atomic E-state index is 5.38. The average molecular weight is 238 g/mol. The van der Waals surface area contributed by atoms with Gasteiger partial charge in [0.15, 0.2) is 0 Å². The van der Waals surface area contributed by atoms with E-state index in [1.807, 2.05) is 17.5 Å². The summed E-state index contributed by atoms with van der Waals surface area (Å²) in [7, 11) is 0. The molecule has 16 heavy (non-hydrogen) atoms. The lowest BCUT2D eigenvalue weighted by Gasteiger charge is -2.19. The molecule has 0 atom stereocenters. The molecule has 6 heteroatoms. The Morgan fingerprint density at radius 3 is 2.94 bits per heavy atom.